The number of hydrogen-bond donors (Lipinski definition) is 0. The van der Waals surface area contributed by atoms with Crippen molar-refractivity contribution in [1.82, 2.24) is 9.78 Å². The second-order valence-corrected chi connectivity index (χ2v) is 5.37. The number of benzene rings is 3. The van der Waals surface area contributed by atoms with Crippen molar-refractivity contribution in [3.63, 3.8) is 0 Å². The maximum absolute atomic E-state index is 5.20. The number of rotatable bonds is 3. The van der Waals surface area contributed by atoms with Crippen molar-refractivity contribution in [2.75, 3.05) is 7.11 Å². The molecule has 0 saturated carbocycles. The molecule has 3 nitrogen and oxygen atoms in total. The molecule has 3 heteroatoms. The SMILES string of the molecule is COc1ccc(-n2ccc(-c3cccc4ccccc34)n2)cc1. The smallest absolute Gasteiger partial charge is 0.119 e. The fourth-order valence-electron chi connectivity index (χ4n) is 2.80. The predicted molar refractivity (Wildman–Crippen MR) is 93.1 cm³/mol. The Kier molecular flexibility index (Phi) is 3.31. The van der Waals surface area contributed by atoms with Gasteiger partial charge in [0.1, 0.15) is 5.75 Å². The van der Waals surface area contributed by atoms with Crippen molar-refractivity contribution < 1.29 is 4.74 Å². The molecular formula is C20H16N2O. The van der Waals surface area contributed by atoms with Gasteiger partial charge in [0.05, 0.1) is 18.5 Å². The largest absolute Gasteiger partial charge is 0.497 e. The average molecular weight is 300 g/mol. The highest BCUT2D eigenvalue weighted by atomic mass is 16.5. The minimum atomic E-state index is 0.843. The first-order valence-corrected chi connectivity index (χ1v) is 7.53. The van der Waals surface area contributed by atoms with Crippen LogP contribution in [0.1, 0.15) is 0 Å². The van der Waals surface area contributed by atoms with E-state index < -0.39 is 0 Å². The van der Waals surface area contributed by atoms with Crippen molar-refractivity contribution in [2.45, 2.75) is 0 Å². The van der Waals surface area contributed by atoms with Gasteiger partial charge >= 0.3 is 0 Å². The van der Waals surface area contributed by atoms with Crippen molar-refractivity contribution in [3.8, 4) is 22.7 Å². The second kappa shape index (κ2) is 5.61. The highest BCUT2D eigenvalue weighted by Crippen LogP contribution is 2.27. The highest BCUT2D eigenvalue weighted by Gasteiger charge is 2.07. The lowest BCUT2D eigenvalue weighted by molar-refractivity contribution is 0.414. The van der Waals surface area contributed by atoms with Gasteiger partial charge in [0.15, 0.2) is 0 Å². The first-order valence-electron chi connectivity index (χ1n) is 7.53. The van der Waals surface area contributed by atoms with Crippen LogP contribution in [-0.4, -0.2) is 16.9 Å². The molecule has 3 aromatic carbocycles. The molecule has 1 aromatic heterocycles. The van der Waals surface area contributed by atoms with Gasteiger partial charge < -0.3 is 4.74 Å². The third-order valence-corrected chi connectivity index (χ3v) is 3.99. The second-order valence-electron chi connectivity index (χ2n) is 5.37. The summed E-state index contributed by atoms with van der Waals surface area (Å²) in [6.45, 7) is 0. The molecular weight excluding hydrogens is 284 g/mol. The van der Waals surface area contributed by atoms with Gasteiger partial charge in [0.2, 0.25) is 0 Å². The molecule has 0 aliphatic rings. The van der Waals surface area contributed by atoms with Crippen molar-refractivity contribution in [3.05, 3.63) is 79.0 Å². The third kappa shape index (κ3) is 2.46. The van der Waals surface area contributed by atoms with Gasteiger partial charge in [0, 0.05) is 11.8 Å². The Morgan fingerprint density at radius 1 is 0.826 bits per heavy atom. The molecule has 0 spiro atoms. The minimum absolute atomic E-state index is 0.843. The summed E-state index contributed by atoms with van der Waals surface area (Å²) in [6, 6.07) is 24.6. The van der Waals surface area contributed by atoms with Crippen LogP contribution in [-0.2, 0) is 0 Å². The van der Waals surface area contributed by atoms with E-state index in [-0.39, 0.29) is 0 Å². The van der Waals surface area contributed by atoms with Crippen LogP contribution in [0.25, 0.3) is 27.7 Å². The zero-order valence-electron chi connectivity index (χ0n) is 12.8. The lowest BCUT2D eigenvalue weighted by atomic mass is 10.0. The van der Waals surface area contributed by atoms with E-state index in [9.17, 15) is 0 Å². The summed E-state index contributed by atoms with van der Waals surface area (Å²) in [4.78, 5) is 0. The number of nitrogens with zero attached hydrogens (tertiary/aromatic N) is 2. The quantitative estimate of drug-likeness (QED) is 0.548. The molecule has 0 aliphatic heterocycles. The predicted octanol–water partition coefficient (Wildman–Crippen LogP) is 4.70. The van der Waals surface area contributed by atoms with Crippen LogP contribution in [0.15, 0.2) is 79.0 Å². The van der Waals surface area contributed by atoms with Crippen LogP contribution in [0.4, 0.5) is 0 Å². The van der Waals surface area contributed by atoms with E-state index in [1.54, 1.807) is 7.11 Å². The van der Waals surface area contributed by atoms with E-state index in [0.29, 0.717) is 0 Å². The molecule has 1 heterocycles. The first kappa shape index (κ1) is 13.6. The van der Waals surface area contributed by atoms with E-state index in [4.69, 9.17) is 9.84 Å². The van der Waals surface area contributed by atoms with Gasteiger partial charge in [-0.2, -0.15) is 5.10 Å². The molecule has 0 fully saturated rings. The van der Waals surface area contributed by atoms with Crippen LogP contribution >= 0.6 is 0 Å². The lowest BCUT2D eigenvalue weighted by Crippen LogP contribution is -1.95. The molecule has 0 atom stereocenters. The Labute approximate surface area is 134 Å². The average Bonchev–Trinajstić information content (AvgIpc) is 3.11. The van der Waals surface area contributed by atoms with Crippen LogP contribution < -0.4 is 4.74 Å². The maximum atomic E-state index is 5.20. The summed E-state index contributed by atoms with van der Waals surface area (Å²) in [6.07, 6.45) is 1.99. The first-order chi connectivity index (χ1) is 11.3. The topological polar surface area (TPSA) is 27.1 Å². The summed E-state index contributed by atoms with van der Waals surface area (Å²) < 4.78 is 7.08. The lowest BCUT2D eigenvalue weighted by Gasteiger charge is -2.05. The molecule has 0 radical (unpaired) electrons. The standard InChI is InChI=1S/C20H16N2O/c1-23-17-11-9-16(10-12-17)22-14-13-20(21-22)19-8-4-6-15-5-2-3-7-18(15)19/h2-14H,1H3. The summed E-state index contributed by atoms with van der Waals surface area (Å²) in [5.41, 5.74) is 3.13. The van der Waals surface area contributed by atoms with Crippen LogP contribution in [0.5, 0.6) is 5.75 Å². The van der Waals surface area contributed by atoms with Gasteiger partial charge in [-0.1, -0.05) is 42.5 Å². The molecule has 0 amide bonds. The normalized spacial score (nSPS) is 10.8. The molecule has 0 bridgehead atoms. The zero-order valence-corrected chi connectivity index (χ0v) is 12.8. The number of fused-ring (bicyclic) bond motifs is 1. The molecule has 0 unspecified atom stereocenters. The summed E-state index contributed by atoms with van der Waals surface area (Å²) in [5.74, 6) is 0.843. The fourth-order valence-corrected chi connectivity index (χ4v) is 2.80. The number of ether oxygens (including phenoxy) is 1. The van der Waals surface area contributed by atoms with E-state index in [1.807, 2.05) is 41.2 Å². The Morgan fingerprint density at radius 2 is 1.61 bits per heavy atom. The number of aromatic nitrogens is 2. The van der Waals surface area contributed by atoms with Gasteiger partial charge in [-0.25, -0.2) is 4.68 Å². The molecule has 0 N–H and O–H groups in total. The Hall–Kier alpha value is -3.07. The summed E-state index contributed by atoms with van der Waals surface area (Å²) in [5, 5.41) is 7.18. The third-order valence-electron chi connectivity index (χ3n) is 3.99. The Morgan fingerprint density at radius 3 is 2.43 bits per heavy atom. The summed E-state index contributed by atoms with van der Waals surface area (Å²) >= 11 is 0. The van der Waals surface area contributed by atoms with Gasteiger partial charge in [-0.05, 0) is 41.1 Å². The Bertz CT molecular complexity index is 949. The van der Waals surface area contributed by atoms with E-state index in [1.165, 1.54) is 10.8 Å². The van der Waals surface area contributed by atoms with Crippen LogP contribution in [0.3, 0.4) is 0 Å². The number of methoxy groups -OCH3 is 1. The molecule has 0 saturated heterocycles. The van der Waals surface area contributed by atoms with Crippen molar-refractivity contribution in [2.24, 2.45) is 0 Å². The molecule has 0 aliphatic carbocycles. The van der Waals surface area contributed by atoms with Gasteiger partial charge in [-0.3, -0.25) is 0 Å². The monoisotopic (exact) mass is 300 g/mol. The van der Waals surface area contributed by atoms with Crippen LogP contribution in [0, 0.1) is 0 Å². The molecule has 112 valence electrons. The van der Waals surface area contributed by atoms with E-state index >= 15 is 0 Å². The molecule has 4 aromatic rings. The van der Waals surface area contributed by atoms with Gasteiger partial charge in [0.25, 0.3) is 0 Å². The highest BCUT2D eigenvalue weighted by molar-refractivity contribution is 5.95. The minimum Gasteiger partial charge on any atom is -0.497 e. The van der Waals surface area contributed by atoms with Crippen molar-refractivity contribution in [1.29, 1.82) is 0 Å². The van der Waals surface area contributed by atoms with E-state index in [0.717, 1.165) is 22.7 Å². The maximum Gasteiger partial charge on any atom is 0.119 e. The Balaban J connectivity index is 1.77. The fraction of sp³-hybridized carbons (Fsp3) is 0.0500. The van der Waals surface area contributed by atoms with Crippen LogP contribution in [0.2, 0.25) is 0 Å². The molecule has 23 heavy (non-hydrogen) atoms. The van der Waals surface area contributed by atoms with Crippen molar-refractivity contribution >= 4 is 10.8 Å². The number of hydrogen-bond acceptors (Lipinski definition) is 2. The zero-order chi connectivity index (χ0) is 15.6. The van der Waals surface area contributed by atoms with Gasteiger partial charge in [-0.15, -0.1) is 0 Å². The summed E-state index contributed by atoms with van der Waals surface area (Å²) in [7, 11) is 1.67. The molecule has 4 rings (SSSR count). The van der Waals surface area contributed by atoms with E-state index in [2.05, 4.69) is 42.5 Å².